The maximum absolute atomic E-state index is 12.2. The van der Waals surface area contributed by atoms with Crippen LogP contribution in [0.15, 0.2) is 59.8 Å². The van der Waals surface area contributed by atoms with E-state index in [1.54, 1.807) is 36.3 Å². The summed E-state index contributed by atoms with van der Waals surface area (Å²) in [6.45, 7) is 2.02. The Labute approximate surface area is 117 Å². The molecule has 1 aromatic carbocycles. The summed E-state index contributed by atoms with van der Waals surface area (Å²) in [6.07, 6.45) is 4.12. The van der Waals surface area contributed by atoms with Crippen LogP contribution >= 0.6 is 11.8 Å². The number of nitrogens with zero attached hydrogens (tertiary/aromatic N) is 1. The summed E-state index contributed by atoms with van der Waals surface area (Å²) < 4.78 is 0. The molecule has 0 saturated carbocycles. The second kappa shape index (κ2) is 6.95. The second-order valence-corrected chi connectivity index (χ2v) is 5.33. The van der Waals surface area contributed by atoms with Gasteiger partial charge in [0.25, 0.3) is 0 Å². The Hall–Kier alpha value is -1.81. The van der Waals surface area contributed by atoms with Crippen LogP contribution in [0.1, 0.15) is 13.3 Å². The van der Waals surface area contributed by atoms with Gasteiger partial charge in [0.2, 0.25) is 5.91 Å². The molecule has 0 aliphatic carbocycles. The molecule has 0 aliphatic heterocycles. The minimum atomic E-state index is -0.0874. The third kappa shape index (κ3) is 4.10. The molecule has 2 aromatic rings. The molecular formula is C15H16N2OS. The first-order chi connectivity index (χ1) is 9.29. The Morgan fingerprint density at radius 2 is 1.89 bits per heavy atom. The Bertz CT molecular complexity index is 516. The molecular weight excluding hydrogens is 256 g/mol. The Balaban J connectivity index is 2.00. The van der Waals surface area contributed by atoms with Crippen molar-refractivity contribution in [2.45, 2.75) is 23.5 Å². The number of hydrogen-bond donors (Lipinski definition) is 1. The number of benzene rings is 1. The van der Waals surface area contributed by atoms with Crippen LogP contribution in [0, 0.1) is 0 Å². The van der Waals surface area contributed by atoms with Gasteiger partial charge in [0.15, 0.2) is 0 Å². The Morgan fingerprint density at radius 3 is 2.53 bits per heavy atom. The molecule has 1 amide bonds. The first-order valence-electron chi connectivity index (χ1n) is 6.22. The predicted octanol–water partition coefficient (Wildman–Crippen LogP) is 3.59. The van der Waals surface area contributed by atoms with Crippen LogP contribution in [0.2, 0.25) is 0 Å². The van der Waals surface area contributed by atoms with Crippen LogP contribution < -0.4 is 5.32 Å². The molecule has 1 unspecified atom stereocenters. The highest BCUT2D eigenvalue weighted by Gasteiger charge is 2.17. The van der Waals surface area contributed by atoms with E-state index in [0.29, 0.717) is 0 Å². The predicted molar refractivity (Wildman–Crippen MR) is 79.2 cm³/mol. The SMILES string of the molecule is CCC(Sc1ccccc1)C(=O)Nc1ccncc1. The summed E-state index contributed by atoms with van der Waals surface area (Å²) in [6, 6.07) is 13.6. The average molecular weight is 272 g/mol. The van der Waals surface area contributed by atoms with Gasteiger partial charge in [-0.25, -0.2) is 0 Å². The lowest BCUT2D eigenvalue weighted by Crippen LogP contribution is -2.24. The van der Waals surface area contributed by atoms with E-state index in [4.69, 9.17) is 0 Å². The zero-order valence-corrected chi connectivity index (χ0v) is 11.6. The largest absolute Gasteiger partial charge is 0.325 e. The number of thioether (sulfide) groups is 1. The fourth-order valence-corrected chi connectivity index (χ4v) is 2.62. The molecule has 4 heteroatoms. The number of amides is 1. The van der Waals surface area contributed by atoms with E-state index in [2.05, 4.69) is 10.3 Å². The monoisotopic (exact) mass is 272 g/mol. The lowest BCUT2D eigenvalue weighted by molar-refractivity contribution is -0.115. The lowest BCUT2D eigenvalue weighted by atomic mass is 10.3. The van der Waals surface area contributed by atoms with Gasteiger partial charge in [-0.15, -0.1) is 11.8 Å². The minimum absolute atomic E-state index is 0.0301. The molecule has 0 saturated heterocycles. The van der Waals surface area contributed by atoms with Crippen molar-refractivity contribution in [3.63, 3.8) is 0 Å². The van der Waals surface area contributed by atoms with Crippen molar-refractivity contribution >= 4 is 23.4 Å². The van der Waals surface area contributed by atoms with Gasteiger partial charge in [-0.1, -0.05) is 25.1 Å². The summed E-state index contributed by atoms with van der Waals surface area (Å²) in [5, 5.41) is 2.83. The van der Waals surface area contributed by atoms with E-state index in [0.717, 1.165) is 17.0 Å². The summed E-state index contributed by atoms with van der Waals surface area (Å²) >= 11 is 1.59. The molecule has 0 aliphatic rings. The van der Waals surface area contributed by atoms with Crippen molar-refractivity contribution in [1.29, 1.82) is 0 Å². The number of hydrogen-bond acceptors (Lipinski definition) is 3. The Kier molecular flexibility index (Phi) is 4.98. The van der Waals surface area contributed by atoms with Crippen LogP contribution in [-0.2, 0) is 4.79 Å². The topological polar surface area (TPSA) is 42.0 Å². The van der Waals surface area contributed by atoms with E-state index in [-0.39, 0.29) is 11.2 Å². The number of rotatable bonds is 5. The van der Waals surface area contributed by atoms with Gasteiger partial charge in [0.1, 0.15) is 0 Å². The van der Waals surface area contributed by atoms with Crippen molar-refractivity contribution in [2.24, 2.45) is 0 Å². The van der Waals surface area contributed by atoms with Crippen molar-refractivity contribution in [1.82, 2.24) is 4.98 Å². The van der Waals surface area contributed by atoms with Gasteiger partial charge < -0.3 is 5.32 Å². The number of pyridine rings is 1. The third-order valence-electron chi connectivity index (χ3n) is 2.63. The number of nitrogens with one attached hydrogen (secondary N) is 1. The number of carbonyl (C=O) groups excluding carboxylic acids is 1. The van der Waals surface area contributed by atoms with Crippen LogP contribution in [0.3, 0.4) is 0 Å². The normalized spacial score (nSPS) is 11.8. The molecule has 3 nitrogen and oxygen atoms in total. The van der Waals surface area contributed by atoms with E-state index >= 15 is 0 Å². The highest BCUT2D eigenvalue weighted by molar-refractivity contribution is 8.00. The maximum atomic E-state index is 12.2. The summed E-state index contributed by atoms with van der Waals surface area (Å²) in [4.78, 5) is 17.2. The quantitative estimate of drug-likeness (QED) is 0.846. The number of carbonyl (C=O) groups is 1. The fraction of sp³-hybridized carbons (Fsp3) is 0.200. The molecule has 1 heterocycles. The fourth-order valence-electron chi connectivity index (χ4n) is 1.64. The highest BCUT2D eigenvalue weighted by Crippen LogP contribution is 2.26. The molecule has 0 spiro atoms. The third-order valence-corrected chi connectivity index (χ3v) is 4.01. The molecule has 19 heavy (non-hydrogen) atoms. The molecule has 1 aromatic heterocycles. The van der Waals surface area contributed by atoms with Crippen LogP contribution in [-0.4, -0.2) is 16.1 Å². The van der Waals surface area contributed by atoms with Crippen LogP contribution in [0.5, 0.6) is 0 Å². The minimum Gasteiger partial charge on any atom is -0.325 e. The van der Waals surface area contributed by atoms with Gasteiger partial charge in [0.05, 0.1) is 5.25 Å². The van der Waals surface area contributed by atoms with Gasteiger partial charge in [0, 0.05) is 23.0 Å². The maximum Gasteiger partial charge on any atom is 0.237 e. The Morgan fingerprint density at radius 1 is 1.21 bits per heavy atom. The lowest BCUT2D eigenvalue weighted by Gasteiger charge is -2.14. The van der Waals surface area contributed by atoms with Crippen molar-refractivity contribution < 1.29 is 4.79 Å². The number of aromatic nitrogens is 1. The van der Waals surface area contributed by atoms with Crippen molar-refractivity contribution in [3.8, 4) is 0 Å². The second-order valence-electron chi connectivity index (χ2n) is 4.05. The van der Waals surface area contributed by atoms with Crippen molar-refractivity contribution in [2.75, 3.05) is 5.32 Å². The highest BCUT2D eigenvalue weighted by atomic mass is 32.2. The summed E-state index contributed by atoms with van der Waals surface area (Å²) in [7, 11) is 0. The molecule has 98 valence electrons. The smallest absolute Gasteiger partial charge is 0.237 e. The van der Waals surface area contributed by atoms with E-state index in [1.165, 1.54) is 0 Å². The van der Waals surface area contributed by atoms with E-state index < -0.39 is 0 Å². The molecule has 0 fully saturated rings. The molecule has 2 rings (SSSR count). The summed E-state index contributed by atoms with van der Waals surface area (Å²) in [5.74, 6) is 0.0301. The van der Waals surface area contributed by atoms with Gasteiger partial charge in [-0.2, -0.15) is 0 Å². The number of anilines is 1. The first-order valence-corrected chi connectivity index (χ1v) is 7.10. The summed E-state index contributed by atoms with van der Waals surface area (Å²) in [5.41, 5.74) is 0.784. The zero-order valence-electron chi connectivity index (χ0n) is 10.7. The van der Waals surface area contributed by atoms with Gasteiger partial charge in [-0.3, -0.25) is 9.78 Å². The average Bonchev–Trinajstić information content (AvgIpc) is 2.47. The van der Waals surface area contributed by atoms with Gasteiger partial charge >= 0.3 is 0 Å². The van der Waals surface area contributed by atoms with E-state index in [9.17, 15) is 4.79 Å². The first kappa shape index (κ1) is 13.6. The van der Waals surface area contributed by atoms with E-state index in [1.807, 2.05) is 37.3 Å². The van der Waals surface area contributed by atoms with Crippen molar-refractivity contribution in [3.05, 3.63) is 54.9 Å². The molecule has 0 radical (unpaired) electrons. The molecule has 1 N–H and O–H groups in total. The molecule has 1 atom stereocenters. The van der Waals surface area contributed by atoms with Crippen LogP contribution in [0.25, 0.3) is 0 Å². The molecule has 0 bridgehead atoms. The standard InChI is InChI=1S/C15H16N2OS/c1-2-14(19-13-6-4-3-5-7-13)15(18)17-12-8-10-16-11-9-12/h3-11,14H,2H2,1H3,(H,16,17,18). The zero-order chi connectivity index (χ0) is 13.5. The van der Waals surface area contributed by atoms with Crippen LogP contribution in [0.4, 0.5) is 5.69 Å². The van der Waals surface area contributed by atoms with Gasteiger partial charge in [-0.05, 0) is 30.7 Å².